The van der Waals surface area contributed by atoms with E-state index in [-0.39, 0.29) is 5.69 Å². The molecular weight excluding hydrogens is 299 g/mol. The van der Waals surface area contributed by atoms with Gasteiger partial charge in [0.15, 0.2) is 0 Å². The van der Waals surface area contributed by atoms with Crippen molar-refractivity contribution in [2.24, 2.45) is 0 Å². The summed E-state index contributed by atoms with van der Waals surface area (Å²) in [7, 11) is 0. The minimum atomic E-state index is -0.218. The van der Waals surface area contributed by atoms with E-state index in [1.165, 1.54) is 0 Å². The summed E-state index contributed by atoms with van der Waals surface area (Å²) in [5, 5.41) is 1.01. The van der Waals surface area contributed by atoms with Gasteiger partial charge in [-0.3, -0.25) is 0 Å². The fourth-order valence-corrected chi connectivity index (χ4v) is 2.20. The smallest absolute Gasteiger partial charge is 0.323 e. The number of hydrogen-bond donors (Lipinski definition) is 2. The quantitative estimate of drug-likeness (QED) is 0.781. The molecule has 20 heavy (non-hydrogen) atoms. The highest BCUT2D eigenvalue weighted by Gasteiger charge is 2.06. The first-order valence-corrected chi connectivity index (χ1v) is 6.61. The van der Waals surface area contributed by atoms with Gasteiger partial charge in [0.2, 0.25) is 0 Å². The Labute approximate surface area is 124 Å². The lowest BCUT2D eigenvalue weighted by Gasteiger charge is -2.00. The molecule has 5 nitrogen and oxygen atoms in total. The number of hydrogen-bond acceptors (Lipinski definition) is 2. The normalized spacial score (nSPS) is 10.9. The van der Waals surface area contributed by atoms with Crippen LogP contribution in [-0.4, -0.2) is 19.5 Å². The molecule has 2 aromatic heterocycles. The highest BCUT2D eigenvalue weighted by molar-refractivity contribution is 6.42. The Balaban J connectivity index is 1.86. The SMILES string of the molecule is O=c1[nH]cc(Cn2cnc(-c3ccc(Cl)c(Cl)c3)c2)[nH]1. The van der Waals surface area contributed by atoms with Gasteiger partial charge in [0.25, 0.3) is 0 Å². The molecule has 0 aliphatic carbocycles. The molecule has 0 fully saturated rings. The van der Waals surface area contributed by atoms with Gasteiger partial charge < -0.3 is 14.5 Å². The molecular formula is C13H10Cl2N4O. The number of rotatable bonds is 3. The Morgan fingerprint density at radius 3 is 2.80 bits per heavy atom. The van der Waals surface area contributed by atoms with Crippen molar-refractivity contribution in [3.63, 3.8) is 0 Å². The van der Waals surface area contributed by atoms with Crippen molar-refractivity contribution in [1.29, 1.82) is 0 Å². The van der Waals surface area contributed by atoms with Gasteiger partial charge in [-0.2, -0.15) is 0 Å². The van der Waals surface area contributed by atoms with Crippen LogP contribution in [0.15, 0.2) is 41.7 Å². The Bertz CT molecular complexity index is 803. The summed E-state index contributed by atoms with van der Waals surface area (Å²) >= 11 is 11.9. The second-order valence-electron chi connectivity index (χ2n) is 4.33. The van der Waals surface area contributed by atoms with Gasteiger partial charge in [-0.1, -0.05) is 29.3 Å². The average molecular weight is 309 g/mol. The first-order valence-electron chi connectivity index (χ1n) is 5.85. The number of nitrogens with zero attached hydrogens (tertiary/aromatic N) is 2. The summed E-state index contributed by atoms with van der Waals surface area (Å²) in [5.74, 6) is 0. The Morgan fingerprint density at radius 1 is 1.25 bits per heavy atom. The maximum atomic E-state index is 11.0. The van der Waals surface area contributed by atoms with E-state index in [1.54, 1.807) is 24.7 Å². The van der Waals surface area contributed by atoms with Crippen LogP contribution in [0.3, 0.4) is 0 Å². The third-order valence-electron chi connectivity index (χ3n) is 2.85. The molecule has 2 N–H and O–H groups in total. The van der Waals surface area contributed by atoms with Crippen molar-refractivity contribution in [2.45, 2.75) is 6.54 Å². The van der Waals surface area contributed by atoms with E-state index >= 15 is 0 Å². The molecule has 0 bridgehead atoms. The molecule has 0 amide bonds. The van der Waals surface area contributed by atoms with Crippen LogP contribution < -0.4 is 5.69 Å². The maximum absolute atomic E-state index is 11.0. The van der Waals surface area contributed by atoms with Crippen LogP contribution in [0.25, 0.3) is 11.3 Å². The fourth-order valence-electron chi connectivity index (χ4n) is 1.90. The lowest BCUT2D eigenvalue weighted by atomic mass is 10.2. The highest BCUT2D eigenvalue weighted by Crippen LogP contribution is 2.27. The molecule has 0 saturated carbocycles. The third-order valence-corrected chi connectivity index (χ3v) is 3.59. The molecule has 1 aromatic carbocycles. The lowest BCUT2D eigenvalue weighted by Crippen LogP contribution is -2.03. The number of imidazole rings is 2. The molecule has 0 aliphatic heterocycles. The monoisotopic (exact) mass is 308 g/mol. The molecule has 3 rings (SSSR count). The molecule has 0 spiro atoms. The molecule has 0 radical (unpaired) electrons. The van der Waals surface area contributed by atoms with Gasteiger partial charge in [0.05, 0.1) is 34.3 Å². The number of H-pyrrole nitrogens is 2. The fraction of sp³-hybridized carbons (Fsp3) is 0.0769. The van der Waals surface area contributed by atoms with E-state index < -0.39 is 0 Å². The largest absolute Gasteiger partial charge is 0.331 e. The standard InChI is InChI=1S/C13H10Cl2N4O/c14-10-2-1-8(3-11(10)15)12-6-19(7-17-12)5-9-4-16-13(20)18-9/h1-4,6-7H,5H2,(H2,16,18,20). The molecule has 2 heterocycles. The van der Waals surface area contributed by atoms with Gasteiger partial charge in [-0.05, 0) is 12.1 Å². The Kier molecular flexibility index (Phi) is 3.38. The number of halogens is 2. The van der Waals surface area contributed by atoms with Gasteiger partial charge in [0.1, 0.15) is 0 Å². The zero-order valence-corrected chi connectivity index (χ0v) is 11.7. The summed E-state index contributed by atoms with van der Waals surface area (Å²) in [5.41, 5.74) is 2.25. The van der Waals surface area contributed by atoms with Gasteiger partial charge in [-0.15, -0.1) is 0 Å². The Hall–Kier alpha value is -1.98. The minimum absolute atomic E-state index is 0.218. The zero-order valence-electron chi connectivity index (χ0n) is 10.2. The lowest BCUT2D eigenvalue weighted by molar-refractivity contribution is 0.777. The van der Waals surface area contributed by atoms with Crippen LogP contribution in [0.4, 0.5) is 0 Å². The van der Waals surface area contributed by atoms with E-state index in [9.17, 15) is 4.79 Å². The first kappa shape index (κ1) is 13.0. The zero-order chi connectivity index (χ0) is 14.1. The van der Waals surface area contributed by atoms with Gasteiger partial charge >= 0.3 is 5.69 Å². The van der Waals surface area contributed by atoms with E-state index in [4.69, 9.17) is 23.2 Å². The van der Waals surface area contributed by atoms with Crippen molar-refractivity contribution in [3.8, 4) is 11.3 Å². The summed E-state index contributed by atoms with van der Waals surface area (Å²) < 4.78 is 1.87. The van der Waals surface area contributed by atoms with Crippen molar-refractivity contribution < 1.29 is 0 Å². The van der Waals surface area contributed by atoms with Crippen LogP contribution in [0, 0.1) is 0 Å². The highest BCUT2D eigenvalue weighted by atomic mass is 35.5. The van der Waals surface area contributed by atoms with Crippen LogP contribution in [-0.2, 0) is 6.54 Å². The van der Waals surface area contributed by atoms with Crippen LogP contribution in [0.5, 0.6) is 0 Å². The second-order valence-corrected chi connectivity index (χ2v) is 5.14. The average Bonchev–Trinajstić information content (AvgIpc) is 3.03. The number of benzene rings is 1. The van der Waals surface area contributed by atoms with E-state index in [0.717, 1.165) is 17.0 Å². The summed E-state index contributed by atoms with van der Waals surface area (Å²) in [6.07, 6.45) is 5.22. The number of aromatic nitrogens is 4. The third kappa shape index (κ3) is 2.64. The van der Waals surface area contributed by atoms with E-state index in [2.05, 4.69) is 15.0 Å². The molecule has 102 valence electrons. The first-order chi connectivity index (χ1) is 9.61. The molecule has 0 aliphatic rings. The van der Waals surface area contributed by atoms with E-state index in [0.29, 0.717) is 16.6 Å². The molecule has 7 heteroatoms. The Morgan fingerprint density at radius 2 is 2.10 bits per heavy atom. The van der Waals surface area contributed by atoms with Crippen molar-refractivity contribution in [2.75, 3.05) is 0 Å². The topological polar surface area (TPSA) is 66.5 Å². The minimum Gasteiger partial charge on any atom is -0.331 e. The molecule has 0 saturated heterocycles. The molecule has 0 atom stereocenters. The van der Waals surface area contributed by atoms with Crippen LogP contribution in [0.1, 0.15) is 5.69 Å². The van der Waals surface area contributed by atoms with E-state index in [1.807, 2.05) is 16.8 Å². The summed E-state index contributed by atoms with van der Waals surface area (Å²) in [6.45, 7) is 0.535. The predicted molar refractivity (Wildman–Crippen MR) is 78.2 cm³/mol. The summed E-state index contributed by atoms with van der Waals surface area (Å²) in [6, 6.07) is 5.37. The number of aromatic amines is 2. The number of nitrogens with one attached hydrogen (secondary N) is 2. The van der Waals surface area contributed by atoms with Gasteiger partial charge in [0, 0.05) is 18.0 Å². The van der Waals surface area contributed by atoms with Crippen LogP contribution >= 0.6 is 23.2 Å². The maximum Gasteiger partial charge on any atom is 0.323 e. The molecule has 3 aromatic rings. The predicted octanol–water partition coefficient (Wildman–Crippen LogP) is 2.92. The van der Waals surface area contributed by atoms with Crippen molar-refractivity contribution >= 4 is 23.2 Å². The van der Waals surface area contributed by atoms with Crippen molar-refractivity contribution in [1.82, 2.24) is 19.5 Å². The molecule has 0 unspecified atom stereocenters. The van der Waals surface area contributed by atoms with Crippen molar-refractivity contribution in [3.05, 3.63) is 63.1 Å². The van der Waals surface area contributed by atoms with Crippen LogP contribution in [0.2, 0.25) is 10.0 Å². The second kappa shape index (κ2) is 5.19. The summed E-state index contributed by atoms with van der Waals surface area (Å²) in [4.78, 5) is 20.6. The van der Waals surface area contributed by atoms with Gasteiger partial charge in [-0.25, -0.2) is 9.78 Å².